The maximum Gasteiger partial charge on any atom is 0.219 e. The number of rotatable bonds is 6. The zero-order valence-electron chi connectivity index (χ0n) is 17.6. The minimum atomic E-state index is -0.363. The number of ether oxygens (including phenoxy) is 1. The summed E-state index contributed by atoms with van der Waals surface area (Å²) in [6.45, 7) is 1.87. The number of aliphatic imine (C=N–C) groups is 1. The van der Waals surface area contributed by atoms with Crippen LogP contribution >= 0.6 is 0 Å². The van der Waals surface area contributed by atoms with Gasteiger partial charge >= 0.3 is 0 Å². The van der Waals surface area contributed by atoms with Crippen LogP contribution in [-0.4, -0.2) is 42.1 Å². The molecule has 7 nitrogen and oxygen atoms in total. The van der Waals surface area contributed by atoms with Crippen molar-refractivity contribution in [3.05, 3.63) is 78.1 Å². The molecule has 0 saturated carbocycles. The molecule has 32 heavy (non-hydrogen) atoms. The first-order valence-corrected chi connectivity index (χ1v) is 10.3. The van der Waals surface area contributed by atoms with Gasteiger partial charge in [-0.25, -0.2) is 18.7 Å². The first-order chi connectivity index (χ1) is 15.6. The SMILES string of the molecule is CN=C(NCc1ccc(Oc2cccc(F)c2)nc1)NC1CCN(c2ncccc2F)C1. The van der Waals surface area contributed by atoms with Crippen molar-refractivity contribution in [1.82, 2.24) is 20.6 Å². The fraction of sp³-hybridized carbons (Fsp3) is 0.261. The Morgan fingerprint density at radius 3 is 2.84 bits per heavy atom. The second-order valence-electron chi connectivity index (χ2n) is 7.37. The van der Waals surface area contributed by atoms with Crippen LogP contribution in [0, 0.1) is 11.6 Å². The number of nitrogens with zero attached hydrogens (tertiary/aromatic N) is 4. The van der Waals surface area contributed by atoms with E-state index in [9.17, 15) is 8.78 Å². The van der Waals surface area contributed by atoms with Crippen LogP contribution < -0.4 is 20.3 Å². The molecule has 166 valence electrons. The number of nitrogens with one attached hydrogen (secondary N) is 2. The highest BCUT2D eigenvalue weighted by Gasteiger charge is 2.25. The lowest BCUT2D eigenvalue weighted by molar-refractivity contribution is 0.457. The number of hydrogen-bond donors (Lipinski definition) is 2. The molecule has 1 aliphatic heterocycles. The van der Waals surface area contributed by atoms with Crippen LogP contribution in [0.1, 0.15) is 12.0 Å². The van der Waals surface area contributed by atoms with E-state index in [-0.39, 0.29) is 17.7 Å². The van der Waals surface area contributed by atoms with Crippen LogP contribution in [0.3, 0.4) is 0 Å². The molecule has 0 amide bonds. The highest BCUT2D eigenvalue weighted by atomic mass is 19.1. The highest BCUT2D eigenvalue weighted by molar-refractivity contribution is 5.80. The van der Waals surface area contributed by atoms with Gasteiger partial charge in [-0.15, -0.1) is 0 Å². The number of pyridine rings is 2. The van der Waals surface area contributed by atoms with Gasteiger partial charge in [0, 0.05) is 57.3 Å². The third-order valence-corrected chi connectivity index (χ3v) is 5.07. The lowest BCUT2D eigenvalue weighted by atomic mass is 10.2. The topological polar surface area (TPSA) is 74.7 Å². The molecule has 4 rings (SSSR count). The number of guanidine groups is 1. The van der Waals surface area contributed by atoms with E-state index in [1.807, 2.05) is 11.0 Å². The minimum Gasteiger partial charge on any atom is -0.439 e. The van der Waals surface area contributed by atoms with E-state index in [1.165, 1.54) is 18.2 Å². The molecule has 2 aromatic heterocycles. The summed E-state index contributed by atoms with van der Waals surface area (Å²) >= 11 is 0. The molecule has 1 saturated heterocycles. The van der Waals surface area contributed by atoms with E-state index < -0.39 is 0 Å². The molecular formula is C23H24F2N6O. The van der Waals surface area contributed by atoms with Crippen molar-refractivity contribution in [2.75, 3.05) is 25.0 Å². The zero-order valence-corrected chi connectivity index (χ0v) is 17.6. The van der Waals surface area contributed by atoms with Crippen LogP contribution in [0.5, 0.6) is 11.6 Å². The van der Waals surface area contributed by atoms with E-state index in [2.05, 4.69) is 25.6 Å². The van der Waals surface area contributed by atoms with E-state index in [1.54, 1.807) is 43.7 Å². The van der Waals surface area contributed by atoms with E-state index in [0.29, 0.717) is 36.5 Å². The highest BCUT2D eigenvalue weighted by Crippen LogP contribution is 2.21. The standard InChI is InChI=1S/C23H24F2N6O/c1-26-23(30-18-9-11-31(15-18)22-20(25)6-3-10-27-22)29-14-16-7-8-21(28-13-16)32-19-5-2-4-17(24)12-19/h2-8,10,12-13,18H,9,11,14-15H2,1H3,(H2,26,29,30). The molecule has 2 N–H and O–H groups in total. The first-order valence-electron chi connectivity index (χ1n) is 10.3. The van der Waals surface area contributed by atoms with Gasteiger partial charge in [0.05, 0.1) is 0 Å². The van der Waals surface area contributed by atoms with Crippen molar-refractivity contribution in [3.63, 3.8) is 0 Å². The summed E-state index contributed by atoms with van der Waals surface area (Å²) in [4.78, 5) is 14.6. The maximum absolute atomic E-state index is 14.0. The maximum atomic E-state index is 14.0. The normalized spacial score (nSPS) is 16.2. The Bertz CT molecular complexity index is 1080. The summed E-state index contributed by atoms with van der Waals surface area (Å²) in [5.74, 6) is 1.13. The molecule has 1 aromatic carbocycles. The van der Waals surface area contributed by atoms with Crippen molar-refractivity contribution < 1.29 is 13.5 Å². The van der Waals surface area contributed by atoms with Gasteiger partial charge in [0.25, 0.3) is 0 Å². The molecule has 0 radical (unpaired) electrons. The molecule has 0 spiro atoms. The second kappa shape index (κ2) is 10.0. The van der Waals surface area contributed by atoms with Crippen molar-refractivity contribution in [2.45, 2.75) is 19.0 Å². The van der Waals surface area contributed by atoms with Gasteiger partial charge in [-0.1, -0.05) is 12.1 Å². The minimum absolute atomic E-state index is 0.128. The van der Waals surface area contributed by atoms with Gasteiger partial charge in [0.2, 0.25) is 5.88 Å². The van der Waals surface area contributed by atoms with Gasteiger partial charge in [0.15, 0.2) is 17.6 Å². The van der Waals surface area contributed by atoms with Gasteiger partial charge in [-0.3, -0.25) is 4.99 Å². The summed E-state index contributed by atoms with van der Waals surface area (Å²) in [6.07, 6.45) is 4.14. The molecule has 1 atom stereocenters. The van der Waals surface area contributed by atoms with Crippen molar-refractivity contribution >= 4 is 11.8 Å². The second-order valence-corrected chi connectivity index (χ2v) is 7.37. The summed E-state index contributed by atoms with van der Waals surface area (Å²) < 4.78 is 32.8. The van der Waals surface area contributed by atoms with Crippen LogP contribution in [-0.2, 0) is 6.54 Å². The number of aromatic nitrogens is 2. The van der Waals surface area contributed by atoms with Crippen molar-refractivity contribution in [3.8, 4) is 11.6 Å². The third kappa shape index (κ3) is 5.48. The van der Waals surface area contributed by atoms with E-state index >= 15 is 0 Å². The molecular weight excluding hydrogens is 414 g/mol. The van der Waals surface area contributed by atoms with Crippen LogP contribution in [0.25, 0.3) is 0 Å². The predicted octanol–water partition coefficient (Wildman–Crippen LogP) is 3.49. The molecule has 0 bridgehead atoms. The first kappa shape index (κ1) is 21.5. The monoisotopic (exact) mass is 438 g/mol. The zero-order chi connectivity index (χ0) is 22.3. The molecule has 3 aromatic rings. The fourth-order valence-electron chi connectivity index (χ4n) is 3.48. The van der Waals surface area contributed by atoms with Crippen molar-refractivity contribution in [2.24, 2.45) is 4.99 Å². The molecule has 1 unspecified atom stereocenters. The molecule has 9 heteroatoms. The number of anilines is 1. The molecule has 0 aliphatic carbocycles. The lowest BCUT2D eigenvalue weighted by Gasteiger charge is -2.20. The van der Waals surface area contributed by atoms with Crippen LogP contribution in [0.2, 0.25) is 0 Å². The van der Waals surface area contributed by atoms with Crippen LogP contribution in [0.4, 0.5) is 14.6 Å². The summed E-state index contributed by atoms with van der Waals surface area (Å²) in [5, 5.41) is 6.63. The van der Waals surface area contributed by atoms with E-state index in [4.69, 9.17) is 4.74 Å². The average Bonchev–Trinajstić information content (AvgIpc) is 3.26. The Kier molecular flexibility index (Phi) is 6.74. The molecule has 1 aliphatic rings. The fourth-order valence-corrected chi connectivity index (χ4v) is 3.48. The van der Waals surface area contributed by atoms with Gasteiger partial charge < -0.3 is 20.3 Å². The summed E-state index contributed by atoms with van der Waals surface area (Å²) in [6, 6.07) is 12.7. The summed E-state index contributed by atoms with van der Waals surface area (Å²) in [5.41, 5.74) is 0.933. The number of halogens is 2. The average molecular weight is 438 g/mol. The summed E-state index contributed by atoms with van der Waals surface area (Å²) in [7, 11) is 1.70. The predicted molar refractivity (Wildman–Crippen MR) is 119 cm³/mol. The Balaban J connectivity index is 1.27. The van der Waals surface area contributed by atoms with Gasteiger partial charge in [-0.2, -0.15) is 0 Å². The number of hydrogen-bond acceptors (Lipinski definition) is 5. The third-order valence-electron chi connectivity index (χ3n) is 5.07. The quantitative estimate of drug-likeness (QED) is 0.453. The number of benzene rings is 1. The van der Waals surface area contributed by atoms with Gasteiger partial charge in [-0.05, 0) is 36.2 Å². The van der Waals surface area contributed by atoms with Crippen LogP contribution in [0.15, 0.2) is 65.9 Å². The Hall–Kier alpha value is -3.75. The molecule has 3 heterocycles. The lowest BCUT2D eigenvalue weighted by Crippen LogP contribution is -2.44. The smallest absolute Gasteiger partial charge is 0.219 e. The van der Waals surface area contributed by atoms with Gasteiger partial charge in [0.1, 0.15) is 11.6 Å². The molecule has 1 fully saturated rings. The largest absolute Gasteiger partial charge is 0.439 e. The Labute approximate surface area is 185 Å². The Morgan fingerprint density at radius 2 is 2.09 bits per heavy atom. The van der Waals surface area contributed by atoms with E-state index in [0.717, 1.165) is 18.5 Å². The Morgan fingerprint density at radius 1 is 1.19 bits per heavy atom. The van der Waals surface area contributed by atoms with Crippen molar-refractivity contribution in [1.29, 1.82) is 0 Å².